The van der Waals surface area contributed by atoms with E-state index in [4.69, 9.17) is 10.5 Å². The van der Waals surface area contributed by atoms with Gasteiger partial charge in [0.15, 0.2) is 18.2 Å². The molecule has 0 aromatic carbocycles. The standard InChI is InChI=1S/C14H25N13/c1-17-13(23-9-15)21-5-3-19-7-11-25-12(27-26-11)8-20-4-6-22-14(18-2)24-10-16/h19-20H,3-8H2,1-2H3,(H2,17,21,23)(H2,18,22,24)(H,25,26,27). The van der Waals surface area contributed by atoms with Gasteiger partial charge in [-0.15, -0.1) is 0 Å². The predicted molar refractivity (Wildman–Crippen MR) is 100 cm³/mol. The molecule has 1 aromatic rings. The first kappa shape index (κ1) is 21.6. The maximum absolute atomic E-state index is 8.53. The minimum atomic E-state index is 0.431. The van der Waals surface area contributed by atoms with Crippen LogP contribution in [0.15, 0.2) is 9.98 Å². The summed E-state index contributed by atoms with van der Waals surface area (Å²) in [5.74, 6) is 2.27. The molecule has 0 aliphatic rings. The van der Waals surface area contributed by atoms with Gasteiger partial charge in [-0.05, 0) is 0 Å². The number of H-pyrrole nitrogens is 1. The third kappa shape index (κ3) is 9.59. The highest BCUT2D eigenvalue weighted by molar-refractivity contribution is 5.81. The average molecular weight is 375 g/mol. The van der Waals surface area contributed by atoms with E-state index in [2.05, 4.69) is 57.1 Å². The maximum Gasteiger partial charge on any atom is 0.204 e. The summed E-state index contributed by atoms with van der Waals surface area (Å²) in [5.41, 5.74) is 0. The SMILES string of the molecule is CN=C(NC#N)NCCNCc1n[nH]c(CNCCNC(=NC)NC#N)n1. The molecule has 7 N–H and O–H groups in total. The third-order valence-corrected chi connectivity index (χ3v) is 3.14. The van der Waals surface area contributed by atoms with E-state index < -0.39 is 0 Å². The Kier molecular flexibility index (Phi) is 11.1. The Morgan fingerprint density at radius 3 is 2.00 bits per heavy atom. The molecule has 0 aliphatic carbocycles. The lowest BCUT2D eigenvalue weighted by Gasteiger charge is -2.07. The highest BCUT2D eigenvalue weighted by atomic mass is 15.2. The molecule has 1 aromatic heterocycles. The summed E-state index contributed by atoms with van der Waals surface area (Å²) in [6, 6.07) is 0. The first-order chi connectivity index (χ1) is 13.2. The highest BCUT2D eigenvalue weighted by Crippen LogP contribution is 1.91. The summed E-state index contributed by atoms with van der Waals surface area (Å²) in [7, 11) is 3.19. The number of aromatic amines is 1. The highest BCUT2D eigenvalue weighted by Gasteiger charge is 2.03. The summed E-state index contributed by atoms with van der Waals surface area (Å²) >= 11 is 0. The van der Waals surface area contributed by atoms with Crippen molar-refractivity contribution in [2.45, 2.75) is 13.1 Å². The van der Waals surface area contributed by atoms with Gasteiger partial charge in [-0.3, -0.25) is 25.7 Å². The van der Waals surface area contributed by atoms with Crippen LogP contribution in [0.3, 0.4) is 0 Å². The van der Waals surface area contributed by atoms with Gasteiger partial charge < -0.3 is 21.3 Å². The molecule has 0 amide bonds. The normalized spacial score (nSPS) is 11.4. The molecule has 0 unspecified atom stereocenters. The van der Waals surface area contributed by atoms with Gasteiger partial charge in [0, 0.05) is 40.3 Å². The van der Waals surface area contributed by atoms with Crippen LogP contribution < -0.4 is 31.9 Å². The van der Waals surface area contributed by atoms with Crippen molar-refractivity contribution in [3.05, 3.63) is 11.6 Å². The van der Waals surface area contributed by atoms with Gasteiger partial charge >= 0.3 is 0 Å². The molecule has 0 aliphatic heterocycles. The van der Waals surface area contributed by atoms with Crippen LogP contribution in [0.5, 0.6) is 0 Å². The van der Waals surface area contributed by atoms with Gasteiger partial charge in [-0.2, -0.15) is 15.6 Å². The van der Waals surface area contributed by atoms with Gasteiger partial charge in [0.1, 0.15) is 5.82 Å². The Balaban J connectivity index is 2.13. The van der Waals surface area contributed by atoms with Gasteiger partial charge in [-0.1, -0.05) is 0 Å². The van der Waals surface area contributed by atoms with E-state index in [1.54, 1.807) is 14.1 Å². The molecule has 0 bridgehead atoms. The molecule has 1 heterocycles. The Morgan fingerprint density at radius 1 is 0.926 bits per heavy atom. The number of hydrogen-bond donors (Lipinski definition) is 7. The van der Waals surface area contributed by atoms with Crippen molar-refractivity contribution in [1.82, 2.24) is 47.1 Å². The molecular formula is C14H25N13. The second kappa shape index (κ2) is 13.8. The van der Waals surface area contributed by atoms with Crippen molar-refractivity contribution in [3.63, 3.8) is 0 Å². The Labute approximate surface area is 157 Å². The number of guanidine groups is 2. The lowest BCUT2D eigenvalue weighted by molar-refractivity contribution is 0.641. The summed E-state index contributed by atoms with van der Waals surface area (Å²) < 4.78 is 0. The molecule has 1 rings (SSSR count). The van der Waals surface area contributed by atoms with Crippen LogP contribution in [-0.4, -0.2) is 67.4 Å². The zero-order chi connectivity index (χ0) is 19.7. The van der Waals surface area contributed by atoms with Crippen LogP contribution in [-0.2, 0) is 13.1 Å². The second-order valence-electron chi connectivity index (χ2n) is 5.02. The molecule has 0 fully saturated rings. The van der Waals surface area contributed by atoms with Gasteiger partial charge in [-0.25, -0.2) is 4.98 Å². The maximum atomic E-state index is 8.53. The minimum Gasteiger partial charge on any atom is -0.354 e. The second-order valence-corrected chi connectivity index (χ2v) is 5.02. The van der Waals surface area contributed by atoms with E-state index in [1.165, 1.54) is 0 Å². The smallest absolute Gasteiger partial charge is 0.204 e. The molecule has 0 atom stereocenters. The van der Waals surface area contributed by atoms with Crippen LogP contribution in [0.25, 0.3) is 0 Å². The Bertz CT molecular complexity index is 621. The van der Waals surface area contributed by atoms with Crippen molar-refractivity contribution in [2.75, 3.05) is 40.3 Å². The number of hydrogen-bond acceptors (Lipinski definition) is 8. The van der Waals surface area contributed by atoms with Crippen LogP contribution in [0.1, 0.15) is 11.6 Å². The quantitative estimate of drug-likeness (QED) is 0.0744. The number of nitriles is 2. The fourth-order valence-electron chi connectivity index (χ4n) is 1.90. The Morgan fingerprint density at radius 2 is 1.48 bits per heavy atom. The molecule has 146 valence electrons. The molecule has 0 spiro atoms. The zero-order valence-electron chi connectivity index (χ0n) is 15.4. The van der Waals surface area contributed by atoms with Crippen LogP contribution in [0.2, 0.25) is 0 Å². The molecule has 0 saturated carbocycles. The predicted octanol–water partition coefficient (Wildman–Crippen LogP) is -2.72. The lowest BCUT2D eigenvalue weighted by atomic mass is 10.5. The summed E-state index contributed by atoms with van der Waals surface area (Å²) in [5, 5.41) is 41.3. The summed E-state index contributed by atoms with van der Waals surface area (Å²) in [6.45, 7) is 3.64. The monoisotopic (exact) mass is 375 g/mol. The van der Waals surface area contributed by atoms with E-state index in [-0.39, 0.29) is 0 Å². The van der Waals surface area contributed by atoms with Crippen molar-refractivity contribution < 1.29 is 0 Å². The van der Waals surface area contributed by atoms with E-state index in [9.17, 15) is 0 Å². The number of aromatic nitrogens is 3. The van der Waals surface area contributed by atoms with Gasteiger partial charge in [0.05, 0.1) is 13.1 Å². The van der Waals surface area contributed by atoms with E-state index in [1.807, 2.05) is 12.4 Å². The number of aliphatic imine (C=N–C) groups is 2. The van der Waals surface area contributed by atoms with E-state index in [0.29, 0.717) is 57.0 Å². The van der Waals surface area contributed by atoms with E-state index >= 15 is 0 Å². The van der Waals surface area contributed by atoms with Gasteiger partial charge in [0.2, 0.25) is 11.9 Å². The fraction of sp³-hybridized carbons (Fsp3) is 0.571. The van der Waals surface area contributed by atoms with Crippen molar-refractivity contribution >= 4 is 11.9 Å². The molecule has 27 heavy (non-hydrogen) atoms. The fourth-order valence-corrected chi connectivity index (χ4v) is 1.90. The van der Waals surface area contributed by atoms with Gasteiger partial charge in [0.25, 0.3) is 0 Å². The van der Waals surface area contributed by atoms with Crippen LogP contribution in [0, 0.1) is 22.9 Å². The summed E-state index contributed by atoms with van der Waals surface area (Å²) in [6.07, 6.45) is 3.62. The molecular weight excluding hydrogens is 350 g/mol. The van der Waals surface area contributed by atoms with Crippen LogP contribution >= 0.6 is 0 Å². The number of nitrogens with zero attached hydrogens (tertiary/aromatic N) is 6. The topological polar surface area (TPSA) is 186 Å². The molecule has 0 saturated heterocycles. The zero-order valence-corrected chi connectivity index (χ0v) is 15.4. The first-order valence-corrected chi connectivity index (χ1v) is 8.26. The van der Waals surface area contributed by atoms with Crippen molar-refractivity contribution in [3.8, 4) is 12.4 Å². The molecule has 13 nitrogen and oxygen atoms in total. The first-order valence-electron chi connectivity index (χ1n) is 8.26. The largest absolute Gasteiger partial charge is 0.354 e. The number of rotatable bonds is 10. The minimum absolute atomic E-state index is 0.431. The molecule has 0 radical (unpaired) electrons. The average Bonchev–Trinajstić information content (AvgIpc) is 3.13. The number of nitrogens with one attached hydrogen (secondary N) is 7. The lowest BCUT2D eigenvalue weighted by Crippen LogP contribution is -2.38. The summed E-state index contributed by atoms with van der Waals surface area (Å²) in [4.78, 5) is 12.1. The molecule has 13 heteroatoms. The van der Waals surface area contributed by atoms with E-state index in [0.717, 1.165) is 5.82 Å². The van der Waals surface area contributed by atoms with Crippen molar-refractivity contribution in [1.29, 1.82) is 10.5 Å². The van der Waals surface area contributed by atoms with Crippen LogP contribution in [0.4, 0.5) is 0 Å². The Hall–Kier alpha value is -3.42. The van der Waals surface area contributed by atoms with Crippen molar-refractivity contribution in [2.24, 2.45) is 9.98 Å². The third-order valence-electron chi connectivity index (χ3n) is 3.14.